The van der Waals surface area contributed by atoms with Crippen LogP contribution in [0.1, 0.15) is 190 Å². The van der Waals surface area contributed by atoms with Gasteiger partial charge in [-0.1, -0.05) is 152 Å². The quantitative estimate of drug-likeness (QED) is 0.0251. The van der Waals surface area contributed by atoms with Crippen LogP contribution < -0.4 is 32.3 Å². The third-order valence-electron chi connectivity index (χ3n) is 22.9. The van der Waals surface area contributed by atoms with Crippen LogP contribution in [0.2, 0.25) is 0 Å². The van der Waals surface area contributed by atoms with E-state index in [1.807, 2.05) is 107 Å². The number of aliphatic hydroxyl groups excluding tert-OH is 1. The van der Waals surface area contributed by atoms with Gasteiger partial charge in [0.15, 0.2) is 6.10 Å². The SMILES string of the molecule is NCc1cccc(C2CCN(C(=O)c3cccc(NC(=O)C(=O)C4(O)CCC4)c3)CC2)c1.O=C(NCc1cccc(C2CCN(C(=O)c3cccc(NC(=O)C(=O)C4(O)CCC4)c3)CC2)c1)OCc1ccccc1.O=C(NCc1cccc(C2CCN(C(=O)c3cccc(NC(=O)C(O)C4(O)CCC4)c3)CC2)c1)OCc1ccccc1. The maximum absolute atomic E-state index is 13.2. The highest BCUT2D eigenvalue weighted by molar-refractivity contribution is 6.44. The van der Waals surface area contributed by atoms with Crippen molar-refractivity contribution < 1.29 is 77.8 Å². The Morgan fingerprint density at radius 1 is 0.388 bits per heavy atom. The number of aliphatic hydroxyl groups is 4. The Balaban J connectivity index is 0.000000162. The molecule has 3 aliphatic carbocycles. The molecule has 0 bridgehead atoms. The minimum absolute atomic E-state index is 0.0980. The minimum Gasteiger partial charge on any atom is -0.445 e. The zero-order valence-corrected chi connectivity index (χ0v) is 64.9. The van der Waals surface area contributed by atoms with E-state index in [1.54, 1.807) is 77.7 Å². The molecule has 6 aliphatic rings. The molecule has 25 nitrogen and oxygen atoms in total. The summed E-state index contributed by atoms with van der Waals surface area (Å²) in [5.74, 6) is -3.42. The Morgan fingerprint density at radius 3 is 1.03 bits per heavy atom. The van der Waals surface area contributed by atoms with E-state index >= 15 is 0 Å². The van der Waals surface area contributed by atoms with Crippen LogP contribution in [0.15, 0.2) is 206 Å². The molecule has 8 aromatic rings. The molecule has 8 aromatic carbocycles. The smallest absolute Gasteiger partial charge is 0.407 e. The molecule has 0 aromatic heterocycles. The first-order valence-electron chi connectivity index (χ1n) is 39.9. The number of hydrogen-bond acceptors (Lipinski definition) is 17. The molecule has 1 atom stereocenters. The highest BCUT2D eigenvalue weighted by atomic mass is 16.6. The van der Waals surface area contributed by atoms with Crippen LogP contribution in [0, 0.1) is 0 Å². The predicted molar refractivity (Wildman–Crippen MR) is 435 cm³/mol. The largest absolute Gasteiger partial charge is 0.445 e. The van der Waals surface area contributed by atoms with Crippen LogP contribution in [0.25, 0.3) is 0 Å². The summed E-state index contributed by atoms with van der Waals surface area (Å²) in [7, 11) is 0. The number of nitrogens with one attached hydrogen (secondary N) is 5. The normalized spacial score (nSPS) is 17.0. The lowest BCUT2D eigenvalue weighted by Gasteiger charge is -2.39. The van der Waals surface area contributed by atoms with Crippen molar-refractivity contribution in [2.75, 3.05) is 55.2 Å². The van der Waals surface area contributed by atoms with Crippen LogP contribution in [-0.4, -0.2) is 156 Å². The van der Waals surface area contributed by atoms with E-state index in [0.29, 0.717) is 149 Å². The fraction of sp³-hybridized carbons (Fsp3) is 0.363. The number of ether oxygens (including phenoxy) is 2. The van der Waals surface area contributed by atoms with Gasteiger partial charge in [-0.25, -0.2) is 9.59 Å². The number of piperidine rings is 3. The maximum atomic E-state index is 13.2. The summed E-state index contributed by atoms with van der Waals surface area (Å²) in [6, 6.07) is 63.4. The Morgan fingerprint density at radius 2 is 0.707 bits per heavy atom. The van der Waals surface area contributed by atoms with Gasteiger partial charge in [-0.3, -0.25) is 38.4 Å². The van der Waals surface area contributed by atoms with Crippen molar-refractivity contribution in [2.24, 2.45) is 5.73 Å². The summed E-state index contributed by atoms with van der Waals surface area (Å²) < 4.78 is 10.6. The van der Waals surface area contributed by atoms with Crippen LogP contribution in [0.5, 0.6) is 0 Å². The Hall–Kier alpha value is -11.7. The standard InChI is InChI=1S/C33H37N3O6.C33H35N3O6.C25H29N3O4/c2*37-29(33(41)15-6-16-33)30(38)35-28-12-5-11-27(20-28)31(39)36-17-13-25(14-18-36)26-10-4-9-24(19-26)21-34-32(40)42-22-23-7-2-1-3-8-23;26-16-17-4-1-5-19(14-17)18-8-12-28(13-9-18)24(31)20-6-2-7-21(15-20)27-23(30)22(29)25(32)10-3-11-25/h1-5,7-12,19-20,25,29,37,41H,6,13-18,21-22H2,(H,34,40)(H,35,38);1-5,7-12,19-20,25,41H,6,13-18,21-22H2,(H,34,40)(H,35,38);1-2,4-7,14-15,18,32H,3,8-13,16,26H2,(H,27,30). The highest BCUT2D eigenvalue weighted by Gasteiger charge is 2.47. The van der Waals surface area contributed by atoms with Crippen LogP contribution in [-0.2, 0) is 66.3 Å². The number of likely N-dealkylation sites (tertiary alicyclic amines) is 3. The van der Waals surface area contributed by atoms with E-state index in [1.165, 1.54) is 16.7 Å². The van der Waals surface area contributed by atoms with Gasteiger partial charge in [0.05, 0.1) is 5.60 Å². The van der Waals surface area contributed by atoms with E-state index in [-0.39, 0.29) is 36.9 Å². The predicted octanol–water partition coefficient (Wildman–Crippen LogP) is 11.5. The van der Waals surface area contributed by atoms with Gasteiger partial charge >= 0.3 is 12.2 Å². The molecule has 1 unspecified atom stereocenters. The Kier molecular flexibility index (Phi) is 28.2. The number of nitrogens with zero attached hydrogens (tertiary/aromatic N) is 3. The van der Waals surface area contributed by atoms with Gasteiger partial charge in [-0.05, 0) is 213 Å². The first kappa shape index (κ1) is 83.7. The summed E-state index contributed by atoms with van der Waals surface area (Å²) in [4.78, 5) is 131. The lowest BCUT2D eigenvalue weighted by Crippen LogP contribution is -2.53. The molecule has 14 rings (SSSR count). The monoisotopic (exact) mass is 1580 g/mol. The summed E-state index contributed by atoms with van der Waals surface area (Å²) in [6.45, 7) is 5.34. The molecule has 0 radical (unpaired) electrons. The van der Waals surface area contributed by atoms with Crippen LogP contribution >= 0.6 is 0 Å². The molecule has 6 fully saturated rings. The van der Waals surface area contributed by atoms with Gasteiger partial charge < -0.3 is 76.9 Å². The summed E-state index contributed by atoms with van der Waals surface area (Å²) in [6.07, 6.45) is 6.72. The average molecular weight is 1580 g/mol. The zero-order valence-electron chi connectivity index (χ0n) is 64.9. The highest BCUT2D eigenvalue weighted by Crippen LogP contribution is 2.38. The molecular formula is C91H101N9O16. The molecular weight excluding hydrogens is 1480 g/mol. The lowest BCUT2D eigenvalue weighted by molar-refractivity contribution is -0.154. The molecule has 606 valence electrons. The average Bonchev–Trinajstić information content (AvgIpc) is 0.811. The van der Waals surface area contributed by atoms with E-state index in [2.05, 4.69) is 63.0 Å². The van der Waals surface area contributed by atoms with Crippen molar-refractivity contribution in [3.8, 4) is 0 Å². The topological polar surface area (TPSA) is 366 Å². The molecule has 116 heavy (non-hydrogen) atoms. The number of hydrogen-bond donors (Lipinski definition) is 10. The second-order valence-electron chi connectivity index (χ2n) is 30.9. The first-order chi connectivity index (χ1) is 56.0. The minimum atomic E-state index is -1.56. The number of Topliss-reactive ketones (excluding diaryl/α,β-unsaturated/α-hetero) is 2. The van der Waals surface area contributed by atoms with Crippen molar-refractivity contribution >= 4 is 76.3 Å². The Labute approximate surface area is 674 Å². The molecule has 0 spiro atoms. The first-order valence-corrected chi connectivity index (χ1v) is 39.9. The number of benzene rings is 8. The van der Waals surface area contributed by atoms with E-state index in [9.17, 15) is 68.4 Å². The van der Waals surface area contributed by atoms with Gasteiger partial charge in [0.2, 0.25) is 0 Å². The van der Waals surface area contributed by atoms with Crippen LogP contribution in [0.3, 0.4) is 0 Å². The number of alkyl carbamates (subject to hydrolysis) is 2. The number of anilines is 3. The van der Waals surface area contributed by atoms with Crippen molar-refractivity contribution in [2.45, 2.75) is 170 Å². The molecule has 3 saturated heterocycles. The van der Waals surface area contributed by atoms with Gasteiger partial charge in [0.25, 0.3) is 47.0 Å². The number of carbonyl (C=O) groups excluding carboxylic acids is 10. The summed E-state index contributed by atoms with van der Waals surface area (Å²) in [5.41, 5.74) is 12.3. The van der Waals surface area contributed by atoms with Crippen molar-refractivity contribution in [3.63, 3.8) is 0 Å². The number of ketones is 2. The molecule has 3 saturated carbocycles. The fourth-order valence-electron chi connectivity index (χ4n) is 15.3. The summed E-state index contributed by atoms with van der Waals surface area (Å²) >= 11 is 0. The maximum Gasteiger partial charge on any atom is 0.407 e. The van der Waals surface area contributed by atoms with Crippen molar-refractivity contribution in [1.82, 2.24) is 25.3 Å². The molecule has 11 N–H and O–H groups in total. The zero-order chi connectivity index (χ0) is 81.8. The van der Waals surface area contributed by atoms with Gasteiger partial charge in [-0.15, -0.1) is 0 Å². The van der Waals surface area contributed by atoms with E-state index < -0.39 is 64.4 Å². The van der Waals surface area contributed by atoms with Crippen LogP contribution in [0.4, 0.5) is 26.7 Å². The molecule has 3 aliphatic heterocycles. The molecule has 8 amide bonds. The number of nitrogens with two attached hydrogens (primary N) is 1. The van der Waals surface area contributed by atoms with Gasteiger partial charge in [-0.2, -0.15) is 0 Å². The van der Waals surface area contributed by atoms with Crippen molar-refractivity contribution in [1.29, 1.82) is 0 Å². The Bertz CT molecular complexity index is 4810. The van der Waals surface area contributed by atoms with E-state index in [4.69, 9.17) is 15.2 Å². The van der Waals surface area contributed by atoms with Gasteiger partial charge in [0.1, 0.15) is 24.4 Å². The number of amides is 8. The number of carbonyl (C=O) groups is 10. The third-order valence-corrected chi connectivity index (χ3v) is 22.9. The summed E-state index contributed by atoms with van der Waals surface area (Å²) in [5, 5.41) is 54.1. The fourth-order valence-corrected chi connectivity index (χ4v) is 15.3. The van der Waals surface area contributed by atoms with E-state index in [0.717, 1.165) is 79.2 Å². The second-order valence-corrected chi connectivity index (χ2v) is 30.9. The lowest BCUT2D eigenvalue weighted by atomic mass is 9.76. The number of rotatable bonds is 24. The molecule has 3 heterocycles. The van der Waals surface area contributed by atoms with Gasteiger partial charge in [0, 0.05) is 92.7 Å². The second kappa shape index (κ2) is 39.1. The van der Waals surface area contributed by atoms with Crippen molar-refractivity contribution in [3.05, 3.63) is 267 Å². The molecule has 25 heteroatoms. The third kappa shape index (κ3) is 22.0.